The van der Waals surface area contributed by atoms with Crippen molar-refractivity contribution in [3.63, 3.8) is 0 Å². The number of aromatic nitrogens is 2. The molecule has 2 heterocycles. The van der Waals surface area contributed by atoms with Crippen LogP contribution in [0.3, 0.4) is 0 Å². The van der Waals surface area contributed by atoms with Crippen LogP contribution in [0, 0.1) is 0 Å². The summed E-state index contributed by atoms with van der Waals surface area (Å²) in [6.07, 6.45) is 3.56. The maximum absolute atomic E-state index is 12.2. The van der Waals surface area contributed by atoms with Crippen LogP contribution in [0.5, 0.6) is 0 Å². The Balaban J connectivity index is 1.75. The first-order valence-electron chi connectivity index (χ1n) is 6.54. The molecule has 4 N–H and O–H groups in total. The highest BCUT2D eigenvalue weighted by atomic mass is 32.2. The summed E-state index contributed by atoms with van der Waals surface area (Å²) in [4.78, 5) is 41.1. The summed E-state index contributed by atoms with van der Waals surface area (Å²) in [6, 6.07) is -0.547. The van der Waals surface area contributed by atoms with Crippen molar-refractivity contribution in [2.45, 2.75) is 30.8 Å². The standard InChI is InChI=1S/C12H14N4O4S/c17-8(7-5-21-11(20)15-7)16-12(2-1-3-12)10-13-4-6(14-10)9(18)19/h4,7H,1-3,5H2,(H,13,14)(H,15,20)(H,16,17)(H,18,19). The van der Waals surface area contributed by atoms with Crippen molar-refractivity contribution >= 4 is 28.9 Å². The van der Waals surface area contributed by atoms with Crippen LogP contribution in [0.1, 0.15) is 35.6 Å². The minimum absolute atomic E-state index is 0.00440. The lowest BCUT2D eigenvalue weighted by molar-refractivity contribution is -0.125. The number of aromatic carboxylic acids is 1. The first kappa shape index (κ1) is 13.9. The maximum atomic E-state index is 12.2. The molecule has 2 amide bonds. The molecule has 1 atom stereocenters. The van der Waals surface area contributed by atoms with Crippen LogP contribution >= 0.6 is 11.8 Å². The van der Waals surface area contributed by atoms with Crippen LogP contribution in [-0.4, -0.2) is 44.0 Å². The van der Waals surface area contributed by atoms with Gasteiger partial charge in [-0.05, 0) is 19.3 Å². The van der Waals surface area contributed by atoms with Crippen LogP contribution in [0.15, 0.2) is 6.20 Å². The average molecular weight is 310 g/mol. The fourth-order valence-corrected chi connectivity index (χ4v) is 3.25. The average Bonchev–Trinajstić information content (AvgIpc) is 3.02. The molecule has 21 heavy (non-hydrogen) atoms. The second-order valence-electron chi connectivity index (χ2n) is 5.17. The van der Waals surface area contributed by atoms with Gasteiger partial charge in [-0.25, -0.2) is 9.78 Å². The zero-order chi connectivity index (χ0) is 15.0. The van der Waals surface area contributed by atoms with Gasteiger partial charge in [0.05, 0.1) is 11.7 Å². The van der Waals surface area contributed by atoms with Crippen LogP contribution in [-0.2, 0) is 10.3 Å². The number of amides is 2. The number of nitrogens with one attached hydrogen (secondary N) is 3. The molecule has 0 spiro atoms. The van der Waals surface area contributed by atoms with Gasteiger partial charge in [-0.1, -0.05) is 11.8 Å². The van der Waals surface area contributed by atoms with E-state index >= 15 is 0 Å². The molecule has 112 valence electrons. The SMILES string of the molecule is O=C1NC(C(=O)NC2(c3ncc(C(=O)O)[nH]3)CCC2)CS1. The number of hydrogen-bond donors (Lipinski definition) is 4. The summed E-state index contributed by atoms with van der Waals surface area (Å²) in [5.41, 5.74) is -0.654. The number of carboxylic acid groups (broad SMARTS) is 1. The lowest BCUT2D eigenvalue weighted by Gasteiger charge is -2.41. The summed E-state index contributed by atoms with van der Waals surface area (Å²) >= 11 is 1.08. The van der Waals surface area contributed by atoms with Gasteiger partial charge < -0.3 is 20.7 Å². The van der Waals surface area contributed by atoms with Crippen LogP contribution < -0.4 is 10.6 Å². The van der Waals surface area contributed by atoms with E-state index in [1.165, 1.54) is 6.20 Å². The van der Waals surface area contributed by atoms with Crippen LogP contribution in [0.4, 0.5) is 4.79 Å². The topological polar surface area (TPSA) is 124 Å². The molecular weight excluding hydrogens is 296 g/mol. The molecule has 8 nitrogen and oxygen atoms in total. The van der Waals surface area contributed by atoms with Gasteiger partial charge >= 0.3 is 5.97 Å². The fraction of sp³-hybridized carbons (Fsp3) is 0.500. The van der Waals surface area contributed by atoms with Crippen molar-refractivity contribution in [1.29, 1.82) is 0 Å². The van der Waals surface area contributed by atoms with E-state index < -0.39 is 17.6 Å². The van der Waals surface area contributed by atoms with Gasteiger partial charge in [-0.2, -0.15) is 0 Å². The number of carbonyl (C=O) groups excluding carboxylic acids is 2. The van der Waals surface area contributed by atoms with Gasteiger partial charge in [0, 0.05) is 5.75 Å². The molecule has 2 fully saturated rings. The number of hydrogen-bond acceptors (Lipinski definition) is 5. The summed E-state index contributed by atoms with van der Waals surface area (Å²) in [5, 5.41) is 14.2. The van der Waals surface area contributed by atoms with E-state index in [2.05, 4.69) is 20.6 Å². The van der Waals surface area contributed by atoms with Crippen molar-refractivity contribution in [1.82, 2.24) is 20.6 Å². The third kappa shape index (κ3) is 2.48. The van der Waals surface area contributed by atoms with Crippen molar-refractivity contribution in [2.75, 3.05) is 5.75 Å². The van der Waals surface area contributed by atoms with E-state index in [1.807, 2.05) is 0 Å². The molecule has 1 unspecified atom stereocenters. The van der Waals surface area contributed by atoms with E-state index in [1.54, 1.807) is 0 Å². The Morgan fingerprint density at radius 3 is 2.71 bits per heavy atom. The second kappa shape index (κ2) is 5.06. The van der Waals surface area contributed by atoms with Gasteiger partial charge in [-0.15, -0.1) is 0 Å². The summed E-state index contributed by atoms with van der Waals surface area (Å²) in [6.45, 7) is 0. The smallest absolute Gasteiger partial charge is 0.353 e. The minimum atomic E-state index is -1.09. The quantitative estimate of drug-likeness (QED) is 0.639. The summed E-state index contributed by atoms with van der Waals surface area (Å²) < 4.78 is 0. The number of rotatable bonds is 4. The van der Waals surface area contributed by atoms with Gasteiger partial charge in [0.1, 0.15) is 17.6 Å². The first-order valence-corrected chi connectivity index (χ1v) is 7.53. The third-order valence-corrected chi connectivity index (χ3v) is 4.70. The zero-order valence-electron chi connectivity index (χ0n) is 11.0. The van der Waals surface area contributed by atoms with Gasteiger partial charge in [0.25, 0.3) is 5.24 Å². The lowest BCUT2D eigenvalue weighted by Crippen LogP contribution is -2.56. The first-order chi connectivity index (χ1) is 10.00. The monoisotopic (exact) mass is 310 g/mol. The number of carbonyl (C=O) groups is 3. The van der Waals surface area contributed by atoms with E-state index in [0.29, 0.717) is 24.4 Å². The molecule has 1 saturated heterocycles. The Morgan fingerprint density at radius 2 is 2.24 bits per heavy atom. The molecule has 1 aromatic heterocycles. The number of aromatic amines is 1. The van der Waals surface area contributed by atoms with E-state index in [-0.39, 0.29) is 16.8 Å². The summed E-state index contributed by atoms with van der Waals surface area (Å²) in [7, 11) is 0. The second-order valence-corrected chi connectivity index (χ2v) is 6.16. The molecule has 3 rings (SSSR count). The Kier molecular flexibility index (Phi) is 3.36. The van der Waals surface area contributed by atoms with E-state index in [4.69, 9.17) is 5.11 Å². The van der Waals surface area contributed by atoms with Gasteiger partial charge in [0.15, 0.2) is 0 Å². The molecule has 9 heteroatoms. The van der Waals surface area contributed by atoms with E-state index in [9.17, 15) is 14.4 Å². The molecular formula is C12H14N4O4S. The van der Waals surface area contributed by atoms with Crippen LogP contribution in [0.25, 0.3) is 0 Å². The number of imidazole rings is 1. The number of carboxylic acids is 1. The third-order valence-electron chi connectivity index (χ3n) is 3.82. The Labute approximate surface area is 124 Å². The molecule has 1 aliphatic heterocycles. The Hall–Kier alpha value is -2.03. The fourth-order valence-electron chi connectivity index (χ4n) is 2.47. The predicted molar refractivity (Wildman–Crippen MR) is 74.0 cm³/mol. The molecule has 1 aliphatic carbocycles. The number of H-pyrrole nitrogens is 1. The minimum Gasteiger partial charge on any atom is -0.477 e. The highest BCUT2D eigenvalue weighted by Gasteiger charge is 2.44. The van der Waals surface area contributed by atoms with E-state index in [0.717, 1.165) is 18.2 Å². The Bertz CT molecular complexity index is 610. The molecule has 0 bridgehead atoms. The van der Waals surface area contributed by atoms with Gasteiger partial charge in [-0.3, -0.25) is 9.59 Å². The van der Waals surface area contributed by atoms with Crippen LogP contribution in [0.2, 0.25) is 0 Å². The van der Waals surface area contributed by atoms with Crippen molar-refractivity contribution < 1.29 is 19.5 Å². The highest BCUT2D eigenvalue weighted by molar-refractivity contribution is 8.14. The highest BCUT2D eigenvalue weighted by Crippen LogP contribution is 2.40. The molecule has 1 saturated carbocycles. The Morgan fingerprint density at radius 1 is 1.48 bits per heavy atom. The normalized spacial score (nSPS) is 23.2. The lowest BCUT2D eigenvalue weighted by atomic mass is 9.76. The predicted octanol–water partition coefficient (Wildman–Crippen LogP) is 0.428. The maximum Gasteiger partial charge on any atom is 0.353 e. The summed E-state index contributed by atoms with van der Waals surface area (Å²) in [5.74, 6) is -0.494. The molecule has 0 aromatic carbocycles. The van der Waals surface area contributed by atoms with Crippen molar-refractivity contribution in [3.05, 3.63) is 17.7 Å². The zero-order valence-corrected chi connectivity index (χ0v) is 11.8. The molecule has 1 aromatic rings. The number of nitrogens with zero attached hydrogens (tertiary/aromatic N) is 1. The van der Waals surface area contributed by atoms with Crippen molar-refractivity contribution in [3.8, 4) is 0 Å². The largest absolute Gasteiger partial charge is 0.477 e. The van der Waals surface area contributed by atoms with Gasteiger partial charge in [0.2, 0.25) is 5.91 Å². The molecule has 0 radical (unpaired) electrons. The number of thioether (sulfide) groups is 1. The molecule has 2 aliphatic rings. The van der Waals surface area contributed by atoms with Crippen molar-refractivity contribution in [2.24, 2.45) is 0 Å².